The lowest BCUT2D eigenvalue weighted by atomic mass is 10.0. The normalized spacial score (nSPS) is 11.8. The third-order valence-electron chi connectivity index (χ3n) is 4.00. The van der Waals surface area contributed by atoms with Crippen molar-refractivity contribution < 1.29 is 13.9 Å². The molecular weight excluding hydrogens is 363 g/mol. The Morgan fingerprint density at radius 2 is 2.04 bits per heavy atom. The number of halogens is 1. The van der Waals surface area contributed by atoms with Gasteiger partial charge < -0.3 is 15.0 Å². The van der Waals surface area contributed by atoms with Crippen LogP contribution in [0.5, 0.6) is 0 Å². The average Bonchev–Trinajstić information content (AvgIpc) is 2.68. The summed E-state index contributed by atoms with van der Waals surface area (Å²) in [6.07, 6.45) is 1.85. The smallest absolute Gasteiger partial charge is 0.251 e. The number of nitrogens with zero attached hydrogens (tertiary/aromatic N) is 2. The number of carbonyl (C=O) groups is 1. The van der Waals surface area contributed by atoms with Gasteiger partial charge in [0.2, 0.25) is 5.91 Å². The summed E-state index contributed by atoms with van der Waals surface area (Å²) in [5, 5.41) is 2.83. The van der Waals surface area contributed by atoms with Gasteiger partial charge in [0.1, 0.15) is 18.1 Å². The van der Waals surface area contributed by atoms with Crippen molar-refractivity contribution in [2.24, 2.45) is 0 Å². The summed E-state index contributed by atoms with van der Waals surface area (Å²) < 4.78 is 18.1. The van der Waals surface area contributed by atoms with Gasteiger partial charge in [0.15, 0.2) is 5.82 Å². The fraction of sp³-hybridized carbons (Fsp3) is 0.200. The molecule has 7 nitrogen and oxygen atoms in total. The Balaban J connectivity index is 1.91. The third-order valence-corrected chi connectivity index (χ3v) is 4.00. The zero-order valence-corrected chi connectivity index (χ0v) is 15.2. The molecule has 0 saturated heterocycles. The number of aromatic nitrogens is 3. The number of rotatable bonds is 7. The SMILES string of the molecule is COCC(=O)N[C@H](Cc1cc(=O)[nH]c(-c2ccccn2)n1)c1ccc(F)cc1. The van der Waals surface area contributed by atoms with Crippen LogP contribution in [0.25, 0.3) is 11.5 Å². The van der Waals surface area contributed by atoms with Crippen LogP contribution in [0.2, 0.25) is 0 Å². The van der Waals surface area contributed by atoms with Crippen LogP contribution >= 0.6 is 0 Å². The zero-order chi connectivity index (χ0) is 19.9. The van der Waals surface area contributed by atoms with E-state index in [2.05, 4.69) is 20.3 Å². The molecule has 0 bridgehead atoms. The first-order chi connectivity index (χ1) is 13.5. The molecule has 1 aromatic carbocycles. The van der Waals surface area contributed by atoms with Gasteiger partial charge in [0, 0.05) is 25.8 Å². The second-order valence-corrected chi connectivity index (χ2v) is 6.11. The Kier molecular flexibility index (Phi) is 6.23. The second kappa shape index (κ2) is 9.01. The molecule has 0 aliphatic carbocycles. The Hall–Kier alpha value is -3.39. The predicted octanol–water partition coefficient (Wildman–Crippen LogP) is 2.02. The molecule has 0 radical (unpaired) electrons. The van der Waals surface area contributed by atoms with E-state index in [1.54, 1.807) is 36.5 Å². The number of carbonyl (C=O) groups excluding carboxylic acids is 1. The number of aromatic amines is 1. The highest BCUT2D eigenvalue weighted by Gasteiger charge is 2.17. The number of amides is 1. The highest BCUT2D eigenvalue weighted by atomic mass is 19.1. The Labute approximate surface area is 160 Å². The van der Waals surface area contributed by atoms with E-state index in [4.69, 9.17) is 4.74 Å². The molecule has 0 aliphatic heterocycles. The van der Waals surface area contributed by atoms with Crippen LogP contribution in [0.1, 0.15) is 17.3 Å². The van der Waals surface area contributed by atoms with Crippen molar-refractivity contribution in [3.8, 4) is 11.5 Å². The number of methoxy groups -OCH3 is 1. The van der Waals surface area contributed by atoms with E-state index < -0.39 is 6.04 Å². The first-order valence-corrected chi connectivity index (χ1v) is 8.60. The molecular formula is C20H19FN4O3. The summed E-state index contributed by atoms with van der Waals surface area (Å²) in [6.45, 7) is -0.111. The number of pyridine rings is 1. The van der Waals surface area contributed by atoms with Gasteiger partial charge in [-0.05, 0) is 29.8 Å². The molecule has 2 aromatic heterocycles. The highest BCUT2D eigenvalue weighted by Crippen LogP contribution is 2.19. The van der Waals surface area contributed by atoms with Gasteiger partial charge in [-0.3, -0.25) is 14.6 Å². The number of benzene rings is 1. The topological polar surface area (TPSA) is 97.0 Å². The van der Waals surface area contributed by atoms with Crippen LogP contribution in [0.3, 0.4) is 0 Å². The van der Waals surface area contributed by atoms with Crippen LogP contribution in [-0.2, 0) is 16.0 Å². The van der Waals surface area contributed by atoms with E-state index in [0.717, 1.165) is 0 Å². The van der Waals surface area contributed by atoms with Crippen molar-refractivity contribution >= 4 is 5.91 Å². The highest BCUT2D eigenvalue weighted by molar-refractivity contribution is 5.77. The van der Waals surface area contributed by atoms with Gasteiger partial charge in [0.05, 0.1) is 11.7 Å². The Morgan fingerprint density at radius 1 is 1.25 bits per heavy atom. The van der Waals surface area contributed by atoms with Crippen molar-refractivity contribution in [3.63, 3.8) is 0 Å². The summed E-state index contributed by atoms with van der Waals surface area (Å²) in [7, 11) is 1.42. The fourth-order valence-electron chi connectivity index (χ4n) is 2.76. The van der Waals surface area contributed by atoms with E-state index in [1.165, 1.54) is 25.3 Å². The quantitative estimate of drug-likeness (QED) is 0.652. The van der Waals surface area contributed by atoms with E-state index in [9.17, 15) is 14.0 Å². The van der Waals surface area contributed by atoms with E-state index in [-0.39, 0.29) is 30.3 Å². The maximum Gasteiger partial charge on any atom is 0.251 e. The van der Waals surface area contributed by atoms with Crippen molar-refractivity contribution in [1.29, 1.82) is 0 Å². The maximum absolute atomic E-state index is 13.3. The minimum absolute atomic E-state index is 0.111. The maximum atomic E-state index is 13.3. The van der Waals surface area contributed by atoms with Crippen LogP contribution in [0, 0.1) is 5.82 Å². The van der Waals surface area contributed by atoms with Gasteiger partial charge in [-0.15, -0.1) is 0 Å². The summed E-state index contributed by atoms with van der Waals surface area (Å²) in [5.41, 5.74) is 1.36. The van der Waals surface area contributed by atoms with Gasteiger partial charge in [-0.2, -0.15) is 0 Å². The molecule has 0 saturated carbocycles. The summed E-state index contributed by atoms with van der Waals surface area (Å²) in [5.74, 6) is -0.367. The van der Waals surface area contributed by atoms with E-state index in [1.807, 2.05) is 0 Å². The number of nitrogens with one attached hydrogen (secondary N) is 2. The minimum Gasteiger partial charge on any atom is -0.375 e. The molecule has 0 fully saturated rings. The van der Waals surface area contributed by atoms with Crippen molar-refractivity contribution in [2.75, 3.05) is 13.7 Å². The Morgan fingerprint density at radius 3 is 2.71 bits per heavy atom. The molecule has 0 spiro atoms. The van der Waals surface area contributed by atoms with Crippen molar-refractivity contribution in [3.05, 3.63) is 82.2 Å². The zero-order valence-electron chi connectivity index (χ0n) is 15.2. The molecule has 0 aliphatic rings. The molecule has 28 heavy (non-hydrogen) atoms. The minimum atomic E-state index is -0.505. The van der Waals surface area contributed by atoms with Crippen LogP contribution < -0.4 is 10.9 Å². The van der Waals surface area contributed by atoms with Crippen LogP contribution in [0.4, 0.5) is 4.39 Å². The first-order valence-electron chi connectivity index (χ1n) is 8.60. The van der Waals surface area contributed by atoms with Gasteiger partial charge in [0.25, 0.3) is 5.56 Å². The molecule has 3 rings (SSSR count). The summed E-state index contributed by atoms with van der Waals surface area (Å²) in [6, 6.07) is 12.0. The number of H-pyrrole nitrogens is 1. The monoisotopic (exact) mass is 382 g/mol. The largest absolute Gasteiger partial charge is 0.375 e. The molecule has 3 aromatic rings. The molecule has 0 unspecified atom stereocenters. The lowest BCUT2D eigenvalue weighted by Crippen LogP contribution is -2.33. The average molecular weight is 382 g/mol. The summed E-state index contributed by atoms with van der Waals surface area (Å²) in [4.78, 5) is 35.4. The lowest BCUT2D eigenvalue weighted by Gasteiger charge is -2.19. The molecule has 8 heteroatoms. The summed E-state index contributed by atoms with van der Waals surface area (Å²) >= 11 is 0. The lowest BCUT2D eigenvalue weighted by molar-refractivity contribution is -0.125. The number of hydrogen-bond acceptors (Lipinski definition) is 5. The van der Waals surface area contributed by atoms with Crippen molar-refractivity contribution in [1.82, 2.24) is 20.3 Å². The Bertz CT molecular complexity index is 990. The molecule has 1 amide bonds. The second-order valence-electron chi connectivity index (χ2n) is 6.11. The number of hydrogen-bond donors (Lipinski definition) is 2. The predicted molar refractivity (Wildman–Crippen MR) is 101 cm³/mol. The van der Waals surface area contributed by atoms with Gasteiger partial charge in [-0.25, -0.2) is 9.37 Å². The van der Waals surface area contributed by atoms with E-state index >= 15 is 0 Å². The third kappa shape index (κ3) is 5.08. The molecule has 2 N–H and O–H groups in total. The van der Waals surface area contributed by atoms with Crippen LogP contribution in [-0.4, -0.2) is 34.6 Å². The fourth-order valence-corrected chi connectivity index (χ4v) is 2.76. The standard InChI is InChI=1S/C20H19FN4O3/c1-28-12-19(27)24-17(13-5-7-14(21)8-6-13)10-15-11-18(26)25-20(23-15)16-4-2-3-9-22-16/h2-9,11,17H,10,12H2,1H3,(H,24,27)(H,23,25,26)/t17-/m1/s1. The molecule has 144 valence electrons. The van der Waals surface area contributed by atoms with Crippen LogP contribution in [0.15, 0.2) is 59.5 Å². The molecule has 1 atom stereocenters. The van der Waals surface area contributed by atoms with Gasteiger partial charge >= 0.3 is 0 Å². The van der Waals surface area contributed by atoms with Gasteiger partial charge in [-0.1, -0.05) is 18.2 Å². The molecule has 2 heterocycles. The van der Waals surface area contributed by atoms with E-state index in [0.29, 0.717) is 22.8 Å². The van der Waals surface area contributed by atoms with Crippen molar-refractivity contribution in [2.45, 2.75) is 12.5 Å². The first kappa shape index (κ1) is 19.4. The number of ether oxygens (including phenoxy) is 1.